The number of benzene rings is 1. The number of rotatable bonds is 6. The summed E-state index contributed by atoms with van der Waals surface area (Å²) in [6.45, 7) is 3.34. The highest BCUT2D eigenvalue weighted by molar-refractivity contribution is 5.78. The van der Waals surface area contributed by atoms with E-state index in [1.165, 1.54) is 19.1 Å². The van der Waals surface area contributed by atoms with Crippen LogP contribution < -0.4 is 5.32 Å². The van der Waals surface area contributed by atoms with Crippen LogP contribution in [0.3, 0.4) is 0 Å². The van der Waals surface area contributed by atoms with Crippen molar-refractivity contribution in [3.05, 3.63) is 38.4 Å². The van der Waals surface area contributed by atoms with Crippen LogP contribution in [0, 0.1) is 26.1 Å². The predicted octanol–water partition coefficient (Wildman–Crippen LogP) is 2.14. The molecule has 1 atom stereocenters. The highest BCUT2D eigenvalue weighted by atomic mass is 16.6. The third kappa shape index (κ3) is 3.73. The number of carbonyl (C=O) groups is 1. The molecular weight excluding hydrogens is 254 g/mol. The standard InChI is InChI=1S/C11H13N3O5/c1-7(8(2)15)6-12-10-4-3-9(13(16)17)5-11(10)14(18)19/h3-5,7,12H,6H2,1-2H3. The molecule has 19 heavy (non-hydrogen) atoms. The van der Waals surface area contributed by atoms with Gasteiger partial charge in [-0.1, -0.05) is 6.92 Å². The first-order valence-electron chi connectivity index (χ1n) is 5.50. The first kappa shape index (κ1) is 14.6. The lowest BCUT2D eigenvalue weighted by atomic mass is 10.1. The van der Waals surface area contributed by atoms with Crippen LogP contribution in [0.2, 0.25) is 0 Å². The third-order valence-electron chi connectivity index (χ3n) is 2.68. The quantitative estimate of drug-likeness (QED) is 0.623. The lowest BCUT2D eigenvalue weighted by Gasteiger charge is -2.10. The average Bonchev–Trinajstić information content (AvgIpc) is 2.35. The largest absolute Gasteiger partial charge is 0.379 e. The number of carbonyl (C=O) groups excluding carboxylic acids is 1. The number of nitro benzene ring substituents is 2. The van der Waals surface area contributed by atoms with Crippen molar-refractivity contribution in [2.24, 2.45) is 5.92 Å². The molecule has 0 aliphatic carbocycles. The molecule has 8 heteroatoms. The number of nitrogens with zero attached hydrogens (tertiary/aromatic N) is 2. The van der Waals surface area contributed by atoms with Crippen molar-refractivity contribution in [1.29, 1.82) is 0 Å². The summed E-state index contributed by atoms with van der Waals surface area (Å²) in [4.78, 5) is 31.1. The van der Waals surface area contributed by atoms with Crippen molar-refractivity contribution >= 4 is 22.8 Å². The van der Waals surface area contributed by atoms with Crippen LogP contribution in [-0.2, 0) is 4.79 Å². The van der Waals surface area contributed by atoms with E-state index in [-0.39, 0.29) is 35.3 Å². The lowest BCUT2D eigenvalue weighted by Crippen LogP contribution is -2.18. The molecule has 102 valence electrons. The van der Waals surface area contributed by atoms with E-state index in [1.807, 2.05) is 0 Å². The first-order valence-corrected chi connectivity index (χ1v) is 5.50. The van der Waals surface area contributed by atoms with Crippen molar-refractivity contribution in [3.8, 4) is 0 Å². The number of Topliss-reactive ketones (excluding diaryl/α,β-unsaturated/α-hetero) is 1. The predicted molar refractivity (Wildman–Crippen MR) is 68.1 cm³/mol. The van der Waals surface area contributed by atoms with Gasteiger partial charge >= 0.3 is 0 Å². The molecule has 0 amide bonds. The summed E-state index contributed by atoms with van der Waals surface area (Å²) in [5.41, 5.74) is -0.578. The van der Waals surface area contributed by atoms with Crippen molar-refractivity contribution in [1.82, 2.24) is 0 Å². The van der Waals surface area contributed by atoms with E-state index < -0.39 is 9.85 Å². The summed E-state index contributed by atoms with van der Waals surface area (Å²) in [6.07, 6.45) is 0. The van der Waals surface area contributed by atoms with E-state index in [0.717, 1.165) is 6.07 Å². The van der Waals surface area contributed by atoms with Crippen LogP contribution in [0.5, 0.6) is 0 Å². The zero-order valence-corrected chi connectivity index (χ0v) is 10.5. The van der Waals surface area contributed by atoms with Gasteiger partial charge in [-0.2, -0.15) is 0 Å². The van der Waals surface area contributed by atoms with Crippen molar-refractivity contribution in [2.45, 2.75) is 13.8 Å². The maximum atomic E-state index is 11.1. The Labute approximate surface area is 108 Å². The molecule has 0 saturated heterocycles. The Morgan fingerprint density at radius 1 is 1.32 bits per heavy atom. The lowest BCUT2D eigenvalue weighted by molar-refractivity contribution is -0.393. The van der Waals surface area contributed by atoms with E-state index in [9.17, 15) is 25.0 Å². The van der Waals surface area contributed by atoms with Crippen LogP contribution >= 0.6 is 0 Å². The normalized spacial score (nSPS) is 11.7. The zero-order chi connectivity index (χ0) is 14.6. The second-order valence-corrected chi connectivity index (χ2v) is 4.11. The van der Waals surface area contributed by atoms with Gasteiger partial charge in [-0.15, -0.1) is 0 Å². The maximum Gasteiger partial charge on any atom is 0.299 e. The summed E-state index contributed by atoms with van der Waals surface area (Å²) >= 11 is 0. The minimum absolute atomic E-state index is 0.0444. The molecule has 0 radical (unpaired) electrons. The van der Waals surface area contributed by atoms with Gasteiger partial charge in [0.25, 0.3) is 11.4 Å². The Morgan fingerprint density at radius 2 is 1.95 bits per heavy atom. The number of nitrogens with one attached hydrogen (secondary N) is 1. The minimum atomic E-state index is -0.701. The Kier molecular flexibility index (Phi) is 4.51. The molecule has 0 heterocycles. The molecule has 0 spiro atoms. The first-order chi connectivity index (χ1) is 8.82. The molecule has 8 nitrogen and oxygen atoms in total. The SMILES string of the molecule is CC(=O)C(C)CNc1ccc([N+](=O)[O-])cc1[N+](=O)[O-]. The van der Waals surface area contributed by atoms with Crippen LogP contribution in [-0.4, -0.2) is 22.2 Å². The van der Waals surface area contributed by atoms with Crippen molar-refractivity contribution < 1.29 is 14.6 Å². The molecule has 0 fully saturated rings. The molecule has 1 aromatic carbocycles. The van der Waals surface area contributed by atoms with Crippen molar-refractivity contribution in [3.63, 3.8) is 0 Å². The van der Waals surface area contributed by atoms with Gasteiger partial charge in [-0.05, 0) is 13.0 Å². The second-order valence-electron chi connectivity index (χ2n) is 4.11. The number of anilines is 1. The van der Waals surface area contributed by atoms with Gasteiger partial charge in [0.1, 0.15) is 11.5 Å². The Bertz CT molecular complexity index is 529. The average molecular weight is 267 g/mol. The fourth-order valence-electron chi connectivity index (χ4n) is 1.34. The maximum absolute atomic E-state index is 11.1. The zero-order valence-electron chi connectivity index (χ0n) is 10.5. The third-order valence-corrected chi connectivity index (χ3v) is 2.68. The number of ketones is 1. The van der Waals surface area contributed by atoms with Crippen LogP contribution in [0.15, 0.2) is 18.2 Å². The summed E-state index contributed by atoms with van der Waals surface area (Å²) in [5.74, 6) is -0.341. The number of non-ortho nitro benzene ring substituents is 1. The topological polar surface area (TPSA) is 115 Å². The summed E-state index contributed by atoms with van der Waals surface area (Å²) in [7, 11) is 0. The second kappa shape index (κ2) is 5.89. The van der Waals surface area contributed by atoms with Gasteiger partial charge < -0.3 is 5.32 Å². The molecule has 0 aromatic heterocycles. The Balaban J connectivity index is 2.97. The highest BCUT2D eigenvalue weighted by Crippen LogP contribution is 2.28. The van der Waals surface area contributed by atoms with E-state index in [4.69, 9.17) is 0 Å². The molecule has 0 saturated carbocycles. The van der Waals surface area contributed by atoms with Crippen LogP contribution in [0.4, 0.5) is 17.1 Å². The molecular formula is C11H13N3O5. The molecule has 1 aromatic rings. The Morgan fingerprint density at radius 3 is 2.42 bits per heavy atom. The van der Waals surface area contributed by atoms with Crippen LogP contribution in [0.25, 0.3) is 0 Å². The summed E-state index contributed by atoms with van der Waals surface area (Å²) in [5, 5.41) is 24.2. The highest BCUT2D eigenvalue weighted by Gasteiger charge is 2.20. The number of hydrogen-bond acceptors (Lipinski definition) is 6. The van der Waals surface area contributed by atoms with E-state index in [2.05, 4.69) is 5.32 Å². The Hall–Kier alpha value is -2.51. The molecule has 0 aliphatic rings. The molecule has 0 aliphatic heterocycles. The molecule has 1 unspecified atom stereocenters. The molecule has 0 bridgehead atoms. The smallest absolute Gasteiger partial charge is 0.299 e. The molecule has 1 N–H and O–H groups in total. The number of hydrogen-bond donors (Lipinski definition) is 1. The molecule has 1 rings (SSSR count). The van der Waals surface area contributed by atoms with Gasteiger partial charge in [0.15, 0.2) is 0 Å². The monoisotopic (exact) mass is 267 g/mol. The number of nitro groups is 2. The minimum Gasteiger partial charge on any atom is -0.379 e. The van der Waals surface area contributed by atoms with Crippen LogP contribution in [0.1, 0.15) is 13.8 Å². The van der Waals surface area contributed by atoms with E-state index in [0.29, 0.717) is 0 Å². The van der Waals surface area contributed by atoms with E-state index >= 15 is 0 Å². The van der Waals surface area contributed by atoms with Gasteiger partial charge in [0.05, 0.1) is 15.9 Å². The summed E-state index contributed by atoms with van der Waals surface area (Å²) in [6, 6.07) is 3.33. The fourth-order valence-corrected chi connectivity index (χ4v) is 1.34. The van der Waals surface area contributed by atoms with Gasteiger partial charge in [-0.3, -0.25) is 25.0 Å². The van der Waals surface area contributed by atoms with E-state index in [1.54, 1.807) is 6.92 Å². The fraction of sp³-hybridized carbons (Fsp3) is 0.364. The van der Waals surface area contributed by atoms with Crippen molar-refractivity contribution in [2.75, 3.05) is 11.9 Å². The van der Waals surface area contributed by atoms with Gasteiger partial charge in [0.2, 0.25) is 0 Å². The van der Waals surface area contributed by atoms with Gasteiger partial charge in [-0.25, -0.2) is 0 Å². The summed E-state index contributed by atoms with van der Waals surface area (Å²) < 4.78 is 0. The van der Waals surface area contributed by atoms with Gasteiger partial charge in [0, 0.05) is 18.5 Å².